The van der Waals surface area contributed by atoms with Crippen LogP contribution in [0.4, 0.5) is 5.69 Å². The van der Waals surface area contributed by atoms with Crippen molar-refractivity contribution in [2.45, 2.75) is 19.9 Å². The van der Waals surface area contributed by atoms with Gasteiger partial charge < -0.3 is 10.1 Å². The molecule has 1 unspecified atom stereocenters. The second kappa shape index (κ2) is 8.44. The van der Waals surface area contributed by atoms with Crippen molar-refractivity contribution in [1.29, 1.82) is 0 Å². The summed E-state index contributed by atoms with van der Waals surface area (Å²) in [7, 11) is 0. The molecule has 2 aromatic carbocycles. The lowest BCUT2D eigenvalue weighted by molar-refractivity contribution is -0.384. The largest absolute Gasteiger partial charge is 0.462 e. The summed E-state index contributed by atoms with van der Waals surface area (Å²) in [6.07, 6.45) is 0. The number of amides is 1. The molecule has 136 valence electrons. The number of nitrogens with zero attached hydrogens (tertiary/aromatic N) is 1. The molecule has 2 rings (SSSR count). The Morgan fingerprint density at radius 3 is 2.38 bits per heavy atom. The summed E-state index contributed by atoms with van der Waals surface area (Å²) in [4.78, 5) is 34.8. The van der Waals surface area contributed by atoms with Crippen LogP contribution in [0.25, 0.3) is 0 Å². The van der Waals surface area contributed by atoms with Crippen molar-refractivity contribution >= 4 is 29.2 Å². The van der Waals surface area contributed by atoms with E-state index >= 15 is 0 Å². The van der Waals surface area contributed by atoms with Gasteiger partial charge >= 0.3 is 5.97 Å². The second-order valence-corrected chi connectivity index (χ2v) is 5.93. The lowest BCUT2D eigenvalue weighted by Gasteiger charge is -2.15. The van der Waals surface area contributed by atoms with Gasteiger partial charge in [0.15, 0.2) is 0 Å². The zero-order valence-corrected chi connectivity index (χ0v) is 14.9. The van der Waals surface area contributed by atoms with Crippen molar-refractivity contribution in [1.82, 2.24) is 5.32 Å². The topological polar surface area (TPSA) is 98.5 Å². The van der Waals surface area contributed by atoms with E-state index in [2.05, 4.69) is 5.32 Å². The Labute approximate surface area is 155 Å². The lowest BCUT2D eigenvalue weighted by Crippen LogP contribution is -2.27. The number of hydrogen-bond acceptors (Lipinski definition) is 5. The Balaban J connectivity index is 2.27. The molecule has 0 aliphatic heterocycles. The zero-order chi connectivity index (χ0) is 19.3. The molecule has 0 aliphatic carbocycles. The Bertz CT molecular complexity index is 836. The van der Waals surface area contributed by atoms with E-state index in [4.69, 9.17) is 16.3 Å². The van der Waals surface area contributed by atoms with Crippen molar-refractivity contribution in [2.75, 3.05) is 6.61 Å². The molecule has 0 radical (unpaired) electrons. The SMILES string of the molecule is CCOC(=O)c1cc(C(=O)NC(C)c2ccc(Cl)cc2)cc([N+](=O)[O-])c1. The average molecular weight is 377 g/mol. The smallest absolute Gasteiger partial charge is 0.338 e. The third kappa shape index (κ3) is 4.80. The minimum Gasteiger partial charge on any atom is -0.462 e. The predicted octanol–water partition coefficient (Wildman–Crippen LogP) is 3.92. The van der Waals surface area contributed by atoms with Crippen molar-refractivity contribution in [3.63, 3.8) is 0 Å². The van der Waals surface area contributed by atoms with Gasteiger partial charge in [0.25, 0.3) is 11.6 Å². The molecule has 26 heavy (non-hydrogen) atoms. The predicted molar refractivity (Wildman–Crippen MR) is 96.4 cm³/mol. The summed E-state index contributed by atoms with van der Waals surface area (Å²) in [5.74, 6) is -1.27. The third-order valence-corrected chi connectivity index (χ3v) is 3.87. The fourth-order valence-electron chi connectivity index (χ4n) is 2.29. The highest BCUT2D eigenvalue weighted by atomic mass is 35.5. The van der Waals surface area contributed by atoms with E-state index in [1.807, 2.05) is 0 Å². The minimum absolute atomic E-state index is 0.00284. The number of carbonyl (C=O) groups excluding carboxylic acids is 2. The van der Waals surface area contributed by atoms with Crippen molar-refractivity contribution < 1.29 is 19.2 Å². The first-order valence-electron chi connectivity index (χ1n) is 7.84. The van der Waals surface area contributed by atoms with Crippen molar-refractivity contribution in [3.05, 3.63) is 74.3 Å². The second-order valence-electron chi connectivity index (χ2n) is 5.49. The molecule has 0 aliphatic rings. The number of hydrogen-bond donors (Lipinski definition) is 1. The molecule has 0 saturated heterocycles. The highest BCUT2D eigenvalue weighted by Crippen LogP contribution is 2.20. The molecule has 2 aromatic rings. The summed E-state index contributed by atoms with van der Waals surface area (Å²) in [6, 6.07) is 10.1. The first-order valence-corrected chi connectivity index (χ1v) is 8.22. The van der Waals surface area contributed by atoms with Crippen LogP contribution in [-0.2, 0) is 4.74 Å². The number of non-ortho nitro benzene ring substituents is 1. The molecule has 7 nitrogen and oxygen atoms in total. The van der Waals surface area contributed by atoms with Gasteiger partial charge in [0.05, 0.1) is 23.1 Å². The maximum Gasteiger partial charge on any atom is 0.338 e. The maximum atomic E-state index is 12.5. The molecule has 0 saturated carbocycles. The maximum absolute atomic E-state index is 12.5. The van der Waals surface area contributed by atoms with Gasteiger partial charge in [-0.05, 0) is 37.6 Å². The summed E-state index contributed by atoms with van der Waals surface area (Å²) < 4.78 is 4.85. The summed E-state index contributed by atoms with van der Waals surface area (Å²) in [5, 5.41) is 14.4. The van der Waals surface area contributed by atoms with Gasteiger partial charge in [-0.25, -0.2) is 4.79 Å². The van der Waals surface area contributed by atoms with E-state index in [-0.39, 0.29) is 29.5 Å². The molecule has 1 atom stereocenters. The van der Waals surface area contributed by atoms with Crippen LogP contribution in [0, 0.1) is 10.1 Å². The first kappa shape index (κ1) is 19.4. The molecule has 0 bridgehead atoms. The summed E-state index contributed by atoms with van der Waals surface area (Å²) in [6.45, 7) is 3.51. The van der Waals surface area contributed by atoms with E-state index in [0.29, 0.717) is 5.02 Å². The number of nitro groups is 1. The highest BCUT2D eigenvalue weighted by molar-refractivity contribution is 6.30. The summed E-state index contributed by atoms with van der Waals surface area (Å²) >= 11 is 5.84. The van der Waals surface area contributed by atoms with E-state index in [0.717, 1.165) is 17.7 Å². The van der Waals surface area contributed by atoms with Crippen LogP contribution in [0.5, 0.6) is 0 Å². The molecule has 0 heterocycles. The Kier molecular flexibility index (Phi) is 6.30. The number of ether oxygens (including phenoxy) is 1. The number of carbonyl (C=O) groups is 2. The van der Waals surface area contributed by atoms with Crippen LogP contribution < -0.4 is 5.32 Å². The quantitative estimate of drug-likeness (QED) is 0.468. The number of nitrogens with one attached hydrogen (secondary N) is 1. The fraction of sp³-hybridized carbons (Fsp3) is 0.222. The molecule has 1 amide bonds. The first-order chi connectivity index (χ1) is 12.3. The average Bonchev–Trinajstić information content (AvgIpc) is 2.61. The normalized spacial score (nSPS) is 11.5. The molecular weight excluding hydrogens is 360 g/mol. The van der Waals surface area contributed by atoms with E-state index in [1.54, 1.807) is 38.1 Å². The fourth-order valence-corrected chi connectivity index (χ4v) is 2.42. The number of benzene rings is 2. The molecular formula is C18H17ClN2O5. The number of esters is 1. The number of halogens is 1. The number of rotatable bonds is 6. The van der Waals surface area contributed by atoms with Crippen molar-refractivity contribution in [2.24, 2.45) is 0 Å². The Morgan fingerprint density at radius 2 is 1.81 bits per heavy atom. The van der Waals surface area contributed by atoms with Crippen LogP contribution >= 0.6 is 11.6 Å². The van der Waals surface area contributed by atoms with Crippen LogP contribution in [0.3, 0.4) is 0 Å². The Hall–Kier alpha value is -2.93. The van der Waals surface area contributed by atoms with Gasteiger partial charge in [-0.2, -0.15) is 0 Å². The summed E-state index contributed by atoms with van der Waals surface area (Å²) in [5.41, 5.74) is 0.409. The third-order valence-electron chi connectivity index (χ3n) is 3.62. The highest BCUT2D eigenvalue weighted by Gasteiger charge is 2.20. The van der Waals surface area contributed by atoms with Crippen LogP contribution in [-0.4, -0.2) is 23.4 Å². The zero-order valence-electron chi connectivity index (χ0n) is 14.2. The Morgan fingerprint density at radius 1 is 1.19 bits per heavy atom. The van der Waals surface area contributed by atoms with E-state index < -0.39 is 16.8 Å². The van der Waals surface area contributed by atoms with Gasteiger partial charge in [-0.15, -0.1) is 0 Å². The standard InChI is InChI=1S/C18H17ClN2O5/c1-3-26-18(23)14-8-13(9-16(10-14)21(24)25)17(22)20-11(2)12-4-6-15(19)7-5-12/h4-11H,3H2,1-2H3,(H,20,22). The van der Waals surface area contributed by atoms with Gasteiger partial charge in [0, 0.05) is 22.7 Å². The van der Waals surface area contributed by atoms with Gasteiger partial charge in [-0.1, -0.05) is 23.7 Å². The van der Waals surface area contributed by atoms with Crippen molar-refractivity contribution in [3.8, 4) is 0 Å². The lowest BCUT2D eigenvalue weighted by atomic mass is 10.1. The van der Waals surface area contributed by atoms with E-state index in [1.165, 1.54) is 6.07 Å². The van der Waals surface area contributed by atoms with E-state index in [9.17, 15) is 19.7 Å². The van der Waals surface area contributed by atoms with Gasteiger partial charge in [-0.3, -0.25) is 14.9 Å². The van der Waals surface area contributed by atoms with Crippen LogP contribution in [0.2, 0.25) is 5.02 Å². The molecule has 0 fully saturated rings. The van der Waals surface area contributed by atoms with Gasteiger partial charge in [0.1, 0.15) is 0 Å². The van der Waals surface area contributed by atoms with Gasteiger partial charge in [0.2, 0.25) is 0 Å². The minimum atomic E-state index is -0.726. The monoisotopic (exact) mass is 376 g/mol. The van der Waals surface area contributed by atoms with Crippen LogP contribution in [0.15, 0.2) is 42.5 Å². The molecule has 0 spiro atoms. The molecule has 8 heteroatoms. The molecule has 0 aromatic heterocycles. The number of nitro benzene ring substituents is 1. The van der Waals surface area contributed by atoms with Crippen LogP contribution in [0.1, 0.15) is 46.2 Å². The molecule has 1 N–H and O–H groups in total.